The number of aromatic nitrogens is 4. The molecule has 4 rings (SSSR count). The molecule has 8 nitrogen and oxygen atoms in total. The maximum atomic E-state index is 12.7. The number of aryl methyl sites for hydroxylation is 2. The molecule has 0 unspecified atom stereocenters. The van der Waals surface area contributed by atoms with Crippen molar-refractivity contribution >= 4 is 11.6 Å². The Kier molecular flexibility index (Phi) is 5.79. The van der Waals surface area contributed by atoms with Crippen LogP contribution in [0, 0.1) is 0 Å². The monoisotopic (exact) mass is 419 g/mol. The van der Waals surface area contributed by atoms with Crippen LogP contribution in [0.1, 0.15) is 23.2 Å². The van der Waals surface area contributed by atoms with Gasteiger partial charge in [0.05, 0.1) is 13.7 Å². The lowest BCUT2D eigenvalue weighted by atomic mass is 10.1. The van der Waals surface area contributed by atoms with Crippen LogP contribution in [0.25, 0.3) is 11.5 Å². The van der Waals surface area contributed by atoms with E-state index in [1.54, 1.807) is 38.7 Å². The molecule has 0 amide bonds. The first-order valence-electron chi connectivity index (χ1n) is 10.2. The van der Waals surface area contributed by atoms with Crippen LogP contribution in [0.15, 0.2) is 41.5 Å². The molecule has 0 fully saturated rings. The van der Waals surface area contributed by atoms with Crippen molar-refractivity contribution in [2.75, 3.05) is 25.6 Å². The van der Waals surface area contributed by atoms with Crippen molar-refractivity contribution in [3.05, 3.63) is 63.8 Å². The minimum Gasteiger partial charge on any atom is -0.497 e. The molecule has 160 valence electrons. The number of ketones is 1. The highest BCUT2D eigenvalue weighted by Crippen LogP contribution is 2.31. The predicted molar refractivity (Wildman–Crippen MR) is 118 cm³/mol. The van der Waals surface area contributed by atoms with Crippen molar-refractivity contribution in [3.8, 4) is 17.3 Å². The molecule has 8 heteroatoms. The Morgan fingerprint density at radius 1 is 1.23 bits per heavy atom. The van der Waals surface area contributed by atoms with Gasteiger partial charge in [-0.1, -0.05) is 0 Å². The van der Waals surface area contributed by atoms with Gasteiger partial charge in [-0.15, -0.1) is 0 Å². The van der Waals surface area contributed by atoms with Gasteiger partial charge in [0.25, 0.3) is 5.56 Å². The van der Waals surface area contributed by atoms with Gasteiger partial charge in [-0.3, -0.25) is 14.6 Å². The minimum absolute atomic E-state index is 0.0159. The van der Waals surface area contributed by atoms with Gasteiger partial charge < -0.3 is 14.2 Å². The molecule has 0 bridgehead atoms. The molecule has 0 aliphatic heterocycles. The number of hydrogen-bond acceptors (Lipinski definition) is 7. The Hall–Kier alpha value is -3.55. The number of Topliss-reactive ketones (excluding diaryl/α,β-unsaturated/α-hetero) is 1. The summed E-state index contributed by atoms with van der Waals surface area (Å²) in [5, 5.41) is 0. The molecular weight excluding hydrogens is 394 g/mol. The van der Waals surface area contributed by atoms with Gasteiger partial charge in [0.15, 0.2) is 11.6 Å². The number of carbonyl (C=O) groups excluding carboxylic acids is 1. The van der Waals surface area contributed by atoms with Crippen molar-refractivity contribution in [2.45, 2.75) is 25.7 Å². The number of methoxy groups -OCH3 is 1. The number of likely N-dealkylation sites (N-methyl/N-ethyl adjacent to an activating group) is 1. The molecule has 0 saturated carbocycles. The fraction of sp³-hybridized carbons (Fsp3) is 0.348. The average molecular weight is 419 g/mol. The number of rotatable bonds is 7. The summed E-state index contributed by atoms with van der Waals surface area (Å²) in [4.78, 5) is 40.3. The first-order valence-corrected chi connectivity index (χ1v) is 10.2. The largest absolute Gasteiger partial charge is 0.497 e. The Bertz CT molecular complexity index is 1190. The van der Waals surface area contributed by atoms with Crippen LogP contribution in [0.2, 0.25) is 0 Å². The Balaban J connectivity index is 1.59. The topological polar surface area (TPSA) is 90.2 Å². The van der Waals surface area contributed by atoms with E-state index in [1.807, 2.05) is 18.0 Å². The summed E-state index contributed by atoms with van der Waals surface area (Å²) in [6.45, 7) is 0.198. The second-order valence-corrected chi connectivity index (χ2v) is 7.79. The van der Waals surface area contributed by atoms with E-state index in [1.165, 1.54) is 10.6 Å². The quantitative estimate of drug-likeness (QED) is 0.578. The fourth-order valence-corrected chi connectivity index (χ4v) is 3.83. The number of anilines is 1. The number of fused-ring (bicyclic) bond motifs is 1. The molecule has 0 atom stereocenters. The Labute approximate surface area is 180 Å². The number of pyridine rings is 2. The third kappa shape index (κ3) is 4.47. The predicted octanol–water partition coefficient (Wildman–Crippen LogP) is 1.98. The molecule has 0 radical (unpaired) electrons. The summed E-state index contributed by atoms with van der Waals surface area (Å²) in [5.74, 6) is 2.00. The fourth-order valence-electron chi connectivity index (χ4n) is 3.83. The maximum absolute atomic E-state index is 12.7. The summed E-state index contributed by atoms with van der Waals surface area (Å²) in [5.41, 5.74) is 3.33. The SMILES string of the molecule is COc1ccnc(-c2nc3c(c(N(C)CC(=O)Cc4ccn(C)c(=O)c4)n2)CCC3)c1. The number of carbonyl (C=O) groups is 1. The standard InChI is InChI=1S/C23H25N5O3/c1-27-10-8-15(12-21(27)30)11-16(29)14-28(2)23-18-5-4-6-19(18)25-22(26-23)20-13-17(31-3)7-9-24-20/h7-10,12-13H,4-6,11,14H2,1-3H3. The second-order valence-electron chi connectivity index (χ2n) is 7.79. The first kappa shape index (κ1) is 20.7. The smallest absolute Gasteiger partial charge is 0.250 e. The molecule has 31 heavy (non-hydrogen) atoms. The highest BCUT2D eigenvalue weighted by molar-refractivity contribution is 5.85. The van der Waals surface area contributed by atoms with Crippen LogP contribution in [-0.2, 0) is 31.1 Å². The second kappa shape index (κ2) is 8.67. The van der Waals surface area contributed by atoms with E-state index >= 15 is 0 Å². The van der Waals surface area contributed by atoms with Gasteiger partial charge in [-0.05, 0) is 37.0 Å². The maximum Gasteiger partial charge on any atom is 0.250 e. The third-order valence-corrected chi connectivity index (χ3v) is 5.45. The van der Waals surface area contributed by atoms with E-state index in [4.69, 9.17) is 14.7 Å². The zero-order chi connectivity index (χ0) is 22.0. The molecule has 0 saturated heterocycles. The summed E-state index contributed by atoms with van der Waals surface area (Å²) in [6, 6.07) is 6.89. The highest BCUT2D eigenvalue weighted by Gasteiger charge is 2.23. The Morgan fingerprint density at radius 2 is 2.06 bits per heavy atom. The van der Waals surface area contributed by atoms with Crippen molar-refractivity contribution in [1.29, 1.82) is 0 Å². The van der Waals surface area contributed by atoms with Crippen LogP contribution < -0.4 is 15.2 Å². The van der Waals surface area contributed by atoms with E-state index < -0.39 is 0 Å². The van der Waals surface area contributed by atoms with Crippen LogP contribution in [0.5, 0.6) is 5.75 Å². The van der Waals surface area contributed by atoms with E-state index in [-0.39, 0.29) is 24.3 Å². The minimum atomic E-state index is -0.122. The van der Waals surface area contributed by atoms with E-state index in [9.17, 15) is 9.59 Å². The van der Waals surface area contributed by atoms with Crippen LogP contribution >= 0.6 is 0 Å². The average Bonchev–Trinajstić information content (AvgIpc) is 3.24. The van der Waals surface area contributed by atoms with Gasteiger partial charge in [0.2, 0.25) is 0 Å². The number of nitrogens with zero attached hydrogens (tertiary/aromatic N) is 5. The van der Waals surface area contributed by atoms with Crippen LogP contribution in [0.4, 0.5) is 5.82 Å². The molecule has 1 aliphatic rings. The summed E-state index contributed by atoms with van der Waals surface area (Å²) in [6.07, 6.45) is 6.35. The van der Waals surface area contributed by atoms with Crippen molar-refractivity contribution < 1.29 is 9.53 Å². The molecular formula is C23H25N5O3. The van der Waals surface area contributed by atoms with Crippen molar-refractivity contribution in [1.82, 2.24) is 19.5 Å². The van der Waals surface area contributed by atoms with Gasteiger partial charge in [0, 0.05) is 56.3 Å². The van der Waals surface area contributed by atoms with Crippen LogP contribution in [-0.4, -0.2) is 46.0 Å². The van der Waals surface area contributed by atoms with E-state index in [0.717, 1.165) is 41.9 Å². The van der Waals surface area contributed by atoms with Gasteiger partial charge in [-0.25, -0.2) is 9.97 Å². The van der Waals surface area contributed by atoms with E-state index in [0.29, 0.717) is 17.3 Å². The normalized spacial score (nSPS) is 12.5. The number of hydrogen-bond donors (Lipinski definition) is 0. The molecule has 3 heterocycles. The van der Waals surface area contributed by atoms with Gasteiger partial charge in [-0.2, -0.15) is 0 Å². The summed E-state index contributed by atoms with van der Waals surface area (Å²) >= 11 is 0. The van der Waals surface area contributed by atoms with Crippen molar-refractivity contribution in [3.63, 3.8) is 0 Å². The zero-order valence-electron chi connectivity index (χ0n) is 18.0. The zero-order valence-corrected chi connectivity index (χ0v) is 18.0. The molecule has 1 aliphatic carbocycles. The molecule has 3 aromatic heterocycles. The third-order valence-electron chi connectivity index (χ3n) is 5.45. The van der Waals surface area contributed by atoms with Gasteiger partial charge in [0.1, 0.15) is 17.3 Å². The Morgan fingerprint density at radius 3 is 2.84 bits per heavy atom. The van der Waals surface area contributed by atoms with Crippen molar-refractivity contribution in [2.24, 2.45) is 7.05 Å². The summed E-state index contributed by atoms with van der Waals surface area (Å²) in [7, 11) is 5.16. The molecule has 0 spiro atoms. The van der Waals surface area contributed by atoms with Crippen LogP contribution in [0.3, 0.4) is 0 Å². The molecule has 0 aromatic carbocycles. The lowest BCUT2D eigenvalue weighted by molar-refractivity contribution is -0.117. The van der Waals surface area contributed by atoms with E-state index in [2.05, 4.69) is 4.98 Å². The lowest BCUT2D eigenvalue weighted by Gasteiger charge is -2.21. The lowest BCUT2D eigenvalue weighted by Crippen LogP contribution is -2.29. The highest BCUT2D eigenvalue weighted by atomic mass is 16.5. The molecule has 0 N–H and O–H groups in total. The summed E-state index contributed by atoms with van der Waals surface area (Å²) < 4.78 is 6.78. The first-order chi connectivity index (χ1) is 14.9. The number of ether oxygens (including phenoxy) is 1. The molecule has 3 aromatic rings. The van der Waals surface area contributed by atoms with Gasteiger partial charge >= 0.3 is 0 Å².